The number of ether oxygens (including phenoxy) is 1. The molecule has 4 aliphatic carbocycles. The van der Waals surface area contributed by atoms with Crippen molar-refractivity contribution in [1.82, 2.24) is 0 Å². The SMILES string of the molecule is CCCCCCCCC1CCC2C3CC=C4CC(OC(=O)c5ccc(Cl)cc5)CCC4(C)C3CCC12C. The third-order valence-corrected chi connectivity index (χ3v) is 11.8. The number of benzene rings is 1. The summed E-state index contributed by atoms with van der Waals surface area (Å²) in [6.07, 6.45) is 22.6. The molecule has 204 valence electrons. The predicted molar refractivity (Wildman–Crippen MR) is 154 cm³/mol. The number of esters is 1. The van der Waals surface area contributed by atoms with Crippen molar-refractivity contribution in [2.45, 2.75) is 123 Å². The second-order valence-electron chi connectivity index (χ2n) is 13.4. The number of hydrogen-bond acceptors (Lipinski definition) is 2. The molecule has 0 N–H and O–H groups in total. The van der Waals surface area contributed by atoms with Crippen molar-refractivity contribution in [1.29, 1.82) is 0 Å². The fraction of sp³-hybridized carbons (Fsp3) is 0.735. The maximum Gasteiger partial charge on any atom is 0.338 e. The average molecular weight is 525 g/mol. The highest BCUT2D eigenvalue weighted by atomic mass is 35.5. The third kappa shape index (κ3) is 5.43. The summed E-state index contributed by atoms with van der Waals surface area (Å²) in [5, 5.41) is 0.645. The molecule has 7 unspecified atom stereocenters. The summed E-state index contributed by atoms with van der Waals surface area (Å²) in [7, 11) is 0. The van der Waals surface area contributed by atoms with Crippen LogP contribution in [0.4, 0.5) is 0 Å². The summed E-state index contributed by atoms with van der Waals surface area (Å²) in [6, 6.07) is 7.06. The van der Waals surface area contributed by atoms with Gasteiger partial charge in [0.05, 0.1) is 5.56 Å². The smallest absolute Gasteiger partial charge is 0.338 e. The minimum absolute atomic E-state index is 0.00102. The number of carbonyl (C=O) groups is 1. The Kier molecular flexibility index (Phi) is 8.45. The van der Waals surface area contributed by atoms with Crippen LogP contribution in [0, 0.1) is 34.5 Å². The summed E-state index contributed by atoms with van der Waals surface area (Å²) in [5.41, 5.74) is 3.04. The minimum Gasteiger partial charge on any atom is -0.458 e. The Morgan fingerprint density at radius 1 is 0.946 bits per heavy atom. The molecule has 3 fully saturated rings. The lowest BCUT2D eigenvalue weighted by molar-refractivity contribution is -0.0536. The quantitative estimate of drug-likeness (QED) is 0.182. The van der Waals surface area contributed by atoms with Gasteiger partial charge in [0.15, 0.2) is 0 Å². The summed E-state index contributed by atoms with van der Waals surface area (Å²) in [5.74, 6) is 3.31. The van der Waals surface area contributed by atoms with E-state index in [9.17, 15) is 4.79 Å². The van der Waals surface area contributed by atoms with Gasteiger partial charge in [-0.2, -0.15) is 0 Å². The van der Waals surface area contributed by atoms with Crippen LogP contribution in [0.3, 0.4) is 0 Å². The van der Waals surface area contributed by atoms with Gasteiger partial charge in [0.1, 0.15) is 6.10 Å². The molecule has 0 saturated heterocycles. The molecule has 7 atom stereocenters. The van der Waals surface area contributed by atoms with Gasteiger partial charge in [0.25, 0.3) is 0 Å². The van der Waals surface area contributed by atoms with Crippen LogP contribution in [-0.2, 0) is 4.74 Å². The standard InChI is InChI=1S/C34H49ClO2/c1-4-5-6-7-8-9-10-25-14-18-30-29-17-13-26-23-28(37-32(36)24-11-15-27(35)16-12-24)19-21-34(26,3)31(29)20-22-33(25,30)2/h11-13,15-16,25,28-31H,4-10,14,17-23H2,1-3H3. The van der Waals surface area contributed by atoms with Crippen LogP contribution in [0.2, 0.25) is 5.02 Å². The van der Waals surface area contributed by atoms with Gasteiger partial charge >= 0.3 is 5.97 Å². The van der Waals surface area contributed by atoms with Gasteiger partial charge in [-0.25, -0.2) is 4.79 Å². The normalized spacial score (nSPS) is 36.8. The molecule has 0 aromatic heterocycles. The first-order valence-corrected chi connectivity index (χ1v) is 15.9. The molecular formula is C34H49ClO2. The number of halogens is 1. The molecule has 0 amide bonds. The fourth-order valence-electron chi connectivity index (χ4n) is 9.29. The van der Waals surface area contributed by atoms with E-state index in [-0.39, 0.29) is 12.1 Å². The molecule has 1 aromatic rings. The van der Waals surface area contributed by atoms with Crippen molar-refractivity contribution in [3.05, 3.63) is 46.5 Å². The van der Waals surface area contributed by atoms with E-state index in [0.717, 1.165) is 42.9 Å². The zero-order valence-corrected chi connectivity index (χ0v) is 24.3. The molecule has 3 saturated carbocycles. The number of carbonyl (C=O) groups excluding carboxylic acids is 1. The van der Waals surface area contributed by atoms with Crippen molar-refractivity contribution in [3.8, 4) is 0 Å². The highest BCUT2D eigenvalue weighted by Crippen LogP contribution is 2.66. The highest BCUT2D eigenvalue weighted by Gasteiger charge is 2.58. The molecule has 0 radical (unpaired) electrons. The van der Waals surface area contributed by atoms with Gasteiger partial charge < -0.3 is 4.74 Å². The molecular weight excluding hydrogens is 476 g/mol. The van der Waals surface area contributed by atoms with E-state index in [1.54, 1.807) is 29.8 Å². The molecule has 37 heavy (non-hydrogen) atoms. The average Bonchev–Trinajstić information content (AvgIpc) is 3.23. The zero-order chi connectivity index (χ0) is 26.0. The van der Waals surface area contributed by atoms with Crippen LogP contribution in [0.15, 0.2) is 35.9 Å². The second-order valence-corrected chi connectivity index (χ2v) is 13.8. The Bertz CT molecular complexity index is 967. The lowest BCUT2D eigenvalue weighted by atomic mass is 9.47. The molecule has 0 spiro atoms. The van der Waals surface area contributed by atoms with Crippen LogP contribution in [-0.4, -0.2) is 12.1 Å². The van der Waals surface area contributed by atoms with E-state index in [0.29, 0.717) is 21.4 Å². The van der Waals surface area contributed by atoms with E-state index in [2.05, 4.69) is 26.8 Å². The van der Waals surface area contributed by atoms with Crippen molar-refractivity contribution in [3.63, 3.8) is 0 Å². The first kappa shape index (κ1) is 27.3. The predicted octanol–water partition coefficient (Wildman–Crippen LogP) is 10.2. The molecule has 4 aliphatic rings. The molecule has 0 heterocycles. The summed E-state index contributed by atoms with van der Waals surface area (Å²) >= 11 is 5.99. The van der Waals surface area contributed by atoms with Crippen molar-refractivity contribution < 1.29 is 9.53 Å². The van der Waals surface area contributed by atoms with Gasteiger partial charge in [-0.15, -0.1) is 0 Å². The van der Waals surface area contributed by atoms with Gasteiger partial charge in [-0.3, -0.25) is 0 Å². The number of unbranched alkanes of at least 4 members (excludes halogenated alkanes) is 5. The zero-order valence-electron chi connectivity index (χ0n) is 23.6. The van der Waals surface area contributed by atoms with E-state index >= 15 is 0 Å². The number of fused-ring (bicyclic) bond motifs is 5. The highest BCUT2D eigenvalue weighted by molar-refractivity contribution is 6.30. The van der Waals surface area contributed by atoms with Crippen LogP contribution < -0.4 is 0 Å². The maximum absolute atomic E-state index is 12.7. The second kappa shape index (κ2) is 11.4. The van der Waals surface area contributed by atoms with E-state index < -0.39 is 0 Å². The number of rotatable bonds is 9. The molecule has 0 bridgehead atoms. The largest absolute Gasteiger partial charge is 0.458 e. The first-order chi connectivity index (χ1) is 17.8. The molecule has 0 aliphatic heterocycles. The van der Waals surface area contributed by atoms with Gasteiger partial charge in [-0.1, -0.05) is 82.5 Å². The summed E-state index contributed by atoms with van der Waals surface area (Å²) in [6.45, 7) is 7.54. The molecule has 5 rings (SSSR count). The molecule has 1 aromatic carbocycles. The summed E-state index contributed by atoms with van der Waals surface area (Å²) < 4.78 is 5.99. The maximum atomic E-state index is 12.7. The van der Waals surface area contributed by atoms with Crippen molar-refractivity contribution in [2.75, 3.05) is 0 Å². The van der Waals surface area contributed by atoms with Crippen molar-refractivity contribution >= 4 is 17.6 Å². The number of allylic oxidation sites excluding steroid dienone is 1. The minimum atomic E-state index is -0.213. The Morgan fingerprint density at radius 2 is 1.70 bits per heavy atom. The monoisotopic (exact) mass is 524 g/mol. The van der Waals surface area contributed by atoms with Gasteiger partial charge in [-0.05, 0) is 110 Å². The lowest BCUT2D eigenvalue weighted by Gasteiger charge is -2.58. The Labute approximate surface area is 231 Å². The Balaban J connectivity index is 1.20. The molecule has 2 nitrogen and oxygen atoms in total. The van der Waals surface area contributed by atoms with E-state index in [1.807, 2.05) is 0 Å². The van der Waals surface area contributed by atoms with Crippen molar-refractivity contribution in [2.24, 2.45) is 34.5 Å². The number of hydrogen-bond donors (Lipinski definition) is 0. The van der Waals surface area contributed by atoms with E-state index in [1.165, 1.54) is 77.0 Å². The Morgan fingerprint density at radius 3 is 2.49 bits per heavy atom. The van der Waals surface area contributed by atoms with Gasteiger partial charge in [0, 0.05) is 11.4 Å². The van der Waals surface area contributed by atoms with Crippen LogP contribution in [0.5, 0.6) is 0 Å². The fourth-order valence-corrected chi connectivity index (χ4v) is 9.41. The van der Waals surface area contributed by atoms with Crippen LogP contribution in [0.1, 0.15) is 127 Å². The molecule has 3 heteroatoms. The Hall–Kier alpha value is -1.28. The topological polar surface area (TPSA) is 26.3 Å². The summed E-state index contributed by atoms with van der Waals surface area (Å²) in [4.78, 5) is 12.7. The van der Waals surface area contributed by atoms with E-state index in [4.69, 9.17) is 16.3 Å². The van der Waals surface area contributed by atoms with Crippen LogP contribution >= 0.6 is 11.6 Å². The van der Waals surface area contributed by atoms with Crippen LogP contribution in [0.25, 0.3) is 0 Å². The first-order valence-electron chi connectivity index (χ1n) is 15.5. The van der Waals surface area contributed by atoms with Gasteiger partial charge in [0.2, 0.25) is 0 Å². The lowest BCUT2D eigenvalue weighted by Crippen LogP contribution is -2.50. The third-order valence-electron chi connectivity index (χ3n) is 11.5.